The molecule has 0 spiro atoms. The minimum absolute atomic E-state index is 0.314. The zero-order chi connectivity index (χ0) is 8.74. The molecule has 0 aromatic rings. The molecule has 0 bridgehead atoms. The van der Waals surface area contributed by atoms with Gasteiger partial charge < -0.3 is 0 Å². The Morgan fingerprint density at radius 1 is 1.36 bits per heavy atom. The predicted octanol–water partition coefficient (Wildman–Crippen LogP) is 2.63. The van der Waals surface area contributed by atoms with E-state index in [-0.39, 0.29) is 0 Å². The molecule has 7 heteroatoms. The monoisotopic (exact) mass is 218 g/mol. The summed E-state index contributed by atoms with van der Waals surface area (Å²) in [6.07, 6.45) is 1.73. The highest BCUT2D eigenvalue weighted by Crippen LogP contribution is 2.51. The quantitative estimate of drug-likeness (QED) is 0.311. The van der Waals surface area contributed by atoms with Gasteiger partial charge in [0.2, 0.25) is 0 Å². The lowest BCUT2D eigenvalue weighted by atomic mass is 10.4. The Morgan fingerprint density at radius 3 is 2.27 bits per heavy atom. The summed E-state index contributed by atoms with van der Waals surface area (Å²) in [7, 11) is -3.48. The lowest BCUT2D eigenvalue weighted by Crippen LogP contribution is -1.92. The molecule has 68 valence electrons. The number of hydrogen-bond acceptors (Lipinski definition) is 6. The highest BCUT2D eigenvalue weighted by molar-refractivity contribution is 7.85. The molecule has 11 heavy (non-hydrogen) atoms. The van der Waals surface area contributed by atoms with Gasteiger partial charge in [-0.05, 0) is 32.2 Å². The standard InChI is InChI=1S/C4H11O4PS2/c1-2-3-4-6-9(5,7-10)8-11/h10-11H,2-4H2,1H3. The van der Waals surface area contributed by atoms with E-state index in [9.17, 15) is 4.57 Å². The molecular weight excluding hydrogens is 207 g/mol. The van der Waals surface area contributed by atoms with E-state index in [0.717, 1.165) is 12.8 Å². The van der Waals surface area contributed by atoms with Crippen molar-refractivity contribution in [2.24, 2.45) is 0 Å². The average Bonchev–Trinajstić information content (AvgIpc) is 2.05. The number of phosphoric acid groups is 1. The Balaban J connectivity index is 3.61. The molecule has 0 heterocycles. The van der Waals surface area contributed by atoms with Crippen molar-refractivity contribution in [2.45, 2.75) is 19.8 Å². The molecule has 0 rings (SSSR count). The Bertz CT molecular complexity index is 134. The number of rotatable bonds is 6. The number of hydrogen-bond donors (Lipinski definition) is 2. The molecule has 0 aliphatic rings. The van der Waals surface area contributed by atoms with E-state index in [4.69, 9.17) is 4.52 Å². The SMILES string of the molecule is CCCCOP(=O)(OS)OS. The zero-order valence-electron chi connectivity index (χ0n) is 6.10. The average molecular weight is 218 g/mol. The van der Waals surface area contributed by atoms with E-state index in [1.165, 1.54) is 0 Å². The second-order valence-electron chi connectivity index (χ2n) is 1.80. The Morgan fingerprint density at radius 2 is 1.91 bits per heavy atom. The summed E-state index contributed by atoms with van der Waals surface area (Å²) in [5.41, 5.74) is 0. The summed E-state index contributed by atoms with van der Waals surface area (Å²) in [4.78, 5) is 0. The maximum absolute atomic E-state index is 11.0. The van der Waals surface area contributed by atoms with Crippen LogP contribution in [-0.4, -0.2) is 6.61 Å². The van der Waals surface area contributed by atoms with E-state index in [1.807, 2.05) is 6.92 Å². The van der Waals surface area contributed by atoms with Crippen LogP contribution in [0.2, 0.25) is 0 Å². The van der Waals surface area contributed by atoms with Crippen LogP contribution in [0.25, 0.3) is 0 Å². The summed E-state index contributed by atoms with van der Waals surface area (Å²) in [5.74, 6) is 0. The van der Waals surface area contributed by atoms with Gasteiger partial charge in [-0.3, -0.25) is 4.52 Å². The van der Waals surface area contributed by atoms with Crippen molar-refractivity contribution in [1.82, 2.24) is 0 Å². The van der Waals surface area contributed by atoms with Crippen LogP contribution in [-0.2, 0) is 17.0 Å². The van der Waals surface area contributed by atoms with Gasteiger partial charge in [0.25, 0.3) is 0 Å². The minimum Gasteiger partial charge on any atom is -0.286 e. The van der Waals surface area contributed by atoms with Gasteiger partial charge in [-0.1, -0.05) is 13.3 Å². The Kier molecular flexibility index (Phi) is 6.81. The normalized spacial score (nSPS) is 11.9. The van der Waals surface area contributed by atoms with Crippen molar-refractivity contribution in [3.05, 3.63) is 0 Å². The maximum Gasteiger partial charge on any atom is 0.496 e. The van der Waals surface area contributed by atoms with Crippen molar-refractivity contribution in [3.63, 3.8) is 0 Å². The first-order valence-corrected chi connectivity index (χ1v) is 5.28. The van der Waals surface area contributed by atoms with Crippen LogP contribution in [0.1, 0.15) is 19.8 Å². The molecule has 0 unspecified atom stereocenters. The molecule has 0 saturated heterocycles. The molecule has 0 aliphatic heterocycles. The molecule has 0 fully saturated rings. The first-order valence-electron chi connectivity index (χ1n) is 3.09. The second-order valence-corrected chi connectivity index (χ2v) is 4.26. The van der Waals surface area contributed by atoms with Crippen LogP contribution in [0.15, 0.2) is 0 Å². The van der Waals surface area contributed by atoms with Gasteiger partial charge in [0.1, 0.15) is 0 Å². The highest BCUT2D eigenvalue weighted by atomic mass is 32.1. The van der Waals surface area contributed by atoms with Gasteiger partial charge in [-0.25, -0.2) is 12.5 Å². The molecule has 0 radical (unpaired) electrons. The molecule has 0 aromatic heterocycles. The molecule has 0 N–H and O–H groups in total. The van der Waals surface area contributed by atoms with Crippen LogP contribution in [0, 0.1) is 0 Å². The van der Waals surface area contributed by atoms with Crippen LogP contribution in [0.5, 0.6) is 0 Å². The van der Waals surface area contributed by atoms with Crippen LogP contribution >= 0.6 is 33.6 Å². The van der Waals surface area contributed by atoms with Crippen molar-refractivity contribution in [2.75, 3.05) is 6.61 Å². The van der Waals surface area contributed by atoms with Gasteiger partial charge >= 0.3 is 7.82 Å². The van der Waals surface area contributed by atoms with Crippen molar-refractivity contribution < 1.29 is 17.0 Å². The largest absolute Gasteiger partial charge is 0.496 e. The lowest BCUT2D eigenvalue weighted by molar-refractivity contribution is 0.225. The van der Waals surface area contributed by atoms with Gasteiger partial charge in [0.15, 0.2) is 0 Å². The smallest absolute Gasteiger partial charge is 0.286 e. The topological polar surface area (TPSA) is 44.8 Å². The molecule has 0 atom stereocenters. The first kappa shape index (κ1) is 11.8. The predicted molar refractivity (Wildman–Crippen MR) is 48.6 cm³/mol. The van der Waals surface area contributed by atoms with Gasteiger partial charge in [-0.2, -0.15) is 0 Å². The third-order valence-electron chi connectivity index (χ3n) is 0.947. The van der Waals surface area contributed by atoms with Gasteiger partial charge in [-0.15, -0.1) is 0 Å². The lowest BCUT2D eigenvalue weighted by Gasteiger charge is -2.09. The van der Waals surface area contributed by atoms with Gasteiger partial charge in [0, 0.05) is 0 Å². The third kappa shape index (κ3) is 5.11. The molecule has 0 aromatic carbocycles. The molecule has 0 aliphatic carbocycles. The molecule has 0 amide bonds. The van der Waals surface area contributed by atoms with E-state index in [1.54, 1.807) is 0 Å². The highest BCUT2D eigenvalue weighted by Gasteiger charge is 2.23. The van der Waals surface area contributed by atoms with Gasteiger partial charge in [0.05, 0.1) is 6.61 Å². The Labute approximate surface area is 77.5 Å². The summed E-state index contributed by atoms with van der Waals surface area (Å²) >= 11 is 6.64. The summed E-state index contributed by atoms with van der Waals surface area (Å²) in [6, 6.07) is 0. The molecular formula is C4H11O4PS2. The van der Waals surface area contributed by atoms with Crippen molar-refractivity contribution >= 4 is 33.6 Å². The minimum atomic E-state index is -3.48. The van der Waals surface area contributed by atoms with Crippen molar-refractivity contribution in [3.8, 4) is 0 Å². The van der Waals surface area contributed by atoms with Crippen LogP contribution < -0.4 is 0 Å². The first-order chi connectivity index (χ1) is 5.18. The number of thiol groups is 2. The van der Waals surface area contributed by atoms with Crippen molar-refractivity contribution in [1.29, 1.82) is 0 Å². The fourth-order valence-corrected chi connectivity index (χ4v) is 1.50. The second kappa shape index (κ2) is 6.34. The fourth-order valence-electron chi connectivity index (χ4n) is 0.383. The van der Waals surface area contributed by atoms with Crippen LogP contribution in [0.3, 0.4) is 0 Å². The fraction of sp³-hybridized carbons (Fsp3) is 1.00. The van der Waals surface area contributed by atoms with E-state index >= 15 is 0 Å². The van der Waals surface area contributed by atoms with E-state index in [0.29, 0.717) is 6.61 Å². The summed E-state index contributed by atoms with van der Waals surface area (Å²) < 4.78 is 24.1. The summed E-state index contributed by atoms with van der Waals surface area (Å²) in [5, 5.41) is 0. The maximum atomic E-state index is 11.0. The summed E-state index contributed by atoms with van der Waals surface area (Å²) in [6.45, 7) is 2.30. The number of unbranched alkanes of at least 4 members (excludes halogenated alkanes) is 1. The molecule has 4 nitrogen and oxygen atoms in total. The third-order valence-corrected chi connectivity index (χ3v) is 3.05. The van der Waals surface area contributed by atoms with E-state index < -0.39 is 7.82 Å². The van der Waals surface area contributed by atoms with Crippen LogP contribution in [0.4, 0.5) is 0 Å². The molecule has 0 saturated carbocycles. The zero-order valence-corrected chi connectivity index (χ0v) is 8.78. The Hall–Kier alpha value is 0.810. The van der Waals surface area contributed by atoms with E-state index in [2.05, 4.69) is 33.8 Å².